The van der Waals surface area contributed by atoms with Crippen molar-refractivity contribution in [3.8, 4) is 0 Å². The van der Waals surface area contributed by atoms with E-state index in [2.05, 4.69) is 15.7 Å². The number of aryl methyl sites for hydroxylation is 2. The van der Waals surface area contributed by atoms with Gasteiger partial charge < -0.3 is 10.6 Å². The minimum atomic E-state index is -0.250. The Kier molecular flexibility index (Phi) is 5.51. The largest absolute Gasteiger partial charge is 0.348 e. The van der Waals surface area contributed by atoms with Crippen LogP contribution in [0.3, 0.4) is 0 Å². The van der Waals surface area contributed by atoms with Crippen LogP contribution in [0.2, 0.25) is 0 Å². The molecule has 0 atom stereocenters. The van der Waals surface area contributed by atoms with Crippen molar-refractivity contribution in [2.75, 3.05) is 5.32 Å². The number of carbonyl (C=O) groups is 2. The van der Waals surface area contributed by atoms with E-state index >= 15 is 0 Å². The molecule has 1 aromatic heterocycles. The fourth-order valence-corrected chi connectivity index (χ4v) is 2.14. The average molecular weight is 314 g/mol. The maximum atomic E-state index is 12.0. The van der Waals surface area contributed by atoms with E-state index in [4.69, 9.17) is 0 Å². The monoisotopic (exact) mass is 314 g/mol. The van der Waals surface area contributed by atoms with Crippen LogP contribution in [0.1, 0.15) is 36.3 Å². The van der Waals surface area contributed by atoms with Crippen molar-refractivity contribution in [3.63, 3.8) is 0 Å². The Bertz CT molecular complexity index is 677. The summed E-state index contributed by atoms with van der Waals surface area (Å²) in [5.74, 6) is 0.157. The van der Waals surface area contributed by atoms with Gasteiger partial charge in [-0.2, -0.15) is 5.10 Å². The van der Waals surface area contributed by atoms with Gasteiger partial charge in [-0.3, -0.25) is 14.3 Å². The molecule has 0 aliphatic heterocycles. The molecule has 23 heavy (non-hydrogen) atoms. The lowest BCUT2D eigenvalue weighted by molar-refractivity contribution is -0.116. The number of nitrogens with zero attached hydrogens (tertiary/aromatic N) is 2. The maximum Gasteiger partial charge on any atom is 0.272 e. The van der Waals surface area contributed by atoms with E-state index < -0.39 is 0 Å². The van der Waals surface area contributed by atoms with Crippen LogP contribution in [0.15, 0.2) is 36.4 Å². The zero-order valence-electron chi connectivity index (χ0n) is 13.7. The Hall–Kier alpha value is -2.63. The third-order valence-corrected chi connectivity index (χ3v) is 3.28. The van der Waals surface area contributed by atoms with Gasteiger partial charge in [-0.15, -0.1) is 0 Å². The zero-order chi connectivity index (χ0) is 16.8. The molecule has 2 rings (SSSR count). The summed E-state index contributed by atoms with van der Waals surface area (Å²) >= 11 is 0. The molecule has 2 amide bonds. The van der Waals surface area contributed by atoms with Crippen molar-refractivity contribution in [2.45, 2.75) is 32.7 Å². The minimum absolute atomic E-state index is 0.0356. The molecule has 0 aliphatic carbocycles. The van der Waals surface area contributed by atoms with E-state index in [-0.39, 0.29) is 17.9 Å². The fraction of sp³-hybridized carbons (Fsp3) is 0.353. The third-order valence-electron chi connectivity index (χ3n) is 3.28. The number of anilines is 1. The normalized spacial score (nSPS) is 10.6. The second kappa shape index (κ2) is 7.58. The molecule has 0 fully saturated rings. The first-order valence-electron chi connectivity index (χ1n) is 7.64. The van der Waals surface area contributed by atoms with Crippen molar-refractivity contribution in [2.24, 2.45) is 7.05 Å². The lowest BCUT2D eigenvalue weighted by atomic mass is 10.1. The quantitative estimate of drug-likeness (QED) is 0.857. The highest BCUT2D eigenvalue weighted by Crippen LogP contribution is 2.11. The summed E-state index contributed by atoms with van der Waals surface area (Å²) in [5, 5.41) is 9.69. The second-order valence-electron chi connectivity index (χ2n) is 5.70. The molecule has 122 valence electrons. The van der Waals surface area contributed by atoms with E-state index in [1.807, 2.05) is 44.2 Å². The molecule has 1 aromatic carbocycles. The van der Waals surface area contributed by atoms with Gasteiger partial charge in [0.1, 0.15) is 5.82 Å². The van der Waals surface area contributed by atoms with Crippen LogP contribution in [-0.2, 0) is 18.3 Å². The summed E-state index contributed by atoms with van der Waals surface area (Å²) in [5.41, 5.74) is 1.41. The van der Waals surface area contributed by atoms with E-state index in [9.17, 15) is 9.59 Å². The third kappa shape index (κ3) is 4.95. The van der Waals surface area contributed by atoms with Crippen LogP contribution in [0.25, 0.3) is 0 Å². The van der Waals surface area contributed by atoms with E-state index in [1.165, 1.54) is 4.68 Å². The van der Waals surface area contributed by atoms with Crippen LogP contribution in [0.5, 0.6) is 0 Å². The topological polar surface area (TPSA) is 76.0 Å². The number of carbonyl (C=O) groups excluding carboxylic acids is 2. The Morgan fingerprint density at radius 3 is 2.57 bits per heavy atom. The van der Waals surface area contributed by atoms with Crippen LogP contribution in [0.4, 0.5) is 5.82 Å². The van der Waals surface area contributed by atoms with Gasteiger partial charge in [0.2, 0.25) is 5.91 Å². The molecule has 0 bridgehead atoms. The smallest absolute Gasteiger partial charge is 0.272 e. The summed E-state index contributed by atoms with van der Waals surface area (Å²) in [7, 11) is 1.69. The lowest BCUT2D eigenvalue weighted by Gasteiger charge is -2.05. The van der Waals surface area contributed by atoms with Crippen molar-refractivity contribution >= 4 is 17.6 Å². The molecule has 6 heteroatoms. The molecular formula is C17H22N4O2. The molecule has 2 aromatic rings. The number of aromatic nitrogens is 2. The van der Waals surface area contributed by atoms with Crippen LogP contribution >= 0.6 is 0 Å². The molecule has 0 spiro atoms. The van der Waals surface area contributed by atoms with Crippen molar-refractivity contribution in [1.82, 2.24) is 15.1 Å². The number of amides is 2. The molecule has 0 aliphatic rings. The first-order chi connectivity index (χ1) is 11.0. The summed E-state index contributed by atoms with van der Waals surface area (Å²) in [4.78, 5) is 24.0. The molecular weight excluding hydrogens is 292 g/mol. The van der Waals surface area contributed by atoms with Crippen molar-refractivity contribution in [1.29, 1.82) is 0 Å². The van der Waals surface area contributed by atoms with Crippen molar-refractivity contribution in [3.05, 3.63) is 47.7 Å². The highest BCUT2D eigenvalue weighted by Gasteiger charge is 2.15. The fourth-order valence-electron chi connectivity index (χ4n) is 2.14. The van der Waals surface area contributed by atoms with Gasteiger partial charge in [0.25, 0.3) is 5.91 Å². The number of rotatable bonds is 6. The Morgan fingerprint density at radius 1 is 1.22 bits per heavy atom. The Labute approximate surface area is 135 Å². The molecule has 0 saturated heterocycles. The summed E-state index contributed by atoms with van der Waals surface area (Å²) in [6, 6.07) is 11.5. The highest BCUT2D eigenvalue weighted by atomic mass is 16.2. The van der Waals surface area contributed by atoms with Gasteiger partial charge in [-0.25, -0.2) is 0 Å². The summed E-state index contributed by atoms with van der Waals surface area (Å²) in [6.45, 7) is 3.76. The van der Waals surface area contributed by atoms with Gasteiger partial charge >= 0.3 is 0 Å². The van der Waals surface area contributed by atoms with Gasteiger partial charge in [0.05, 0.1) is 0 Å². The van der Waals surface area contributed by atoms with Gasteiger partial charge in [-0.1, -0.05) is 30.3 Å². The minimum Gasteiger partial charge on any atom is -0.348 e. The number of hydrogen-bond acceptors (Lipinski definition) is 3. The number of nitrogens with one attached hydrogen (secondary N) is 2. The van der Waals surface area contributed by atoms with Crippen molar-refractivity contribution < 1.29 is 9.59 Å². The van der Waals surface area contributed by atoms with Gasteiger partial charge in [0.15, 0.2) is 5.69 Å². The van der Waals surface area contributed by atoms with Crippen LogP contribution < -0.4 is 10.6 Å². The van der Waals surface area contributed by atoms with E-state index in [0.29, 0.717) is 24.4 Å². The zero-order valence-corrected chi connectivity index (χ0v) is 13.7. The van der Waals surface area contributed by atoms with E-state index in [1.54, 1.807) is 13.1 Å². The molecule has 2 N–H and O–H groups in total. The predicted molar refractivity (Wildman–Crippen MR) is 89.2 cm³/mol. The lowest BCUT2D eigenvalue weighted by Crippen LogP contribution is -2.30. The summed E-state index contributed by atoms with van der Waals surface area (Å²) in [6.07, 6.45) is 1.05. The molecule has 0 radical (unpaired) electrons. The Balaban J connectivity index is 1.93. The van der Waals surface area contributed by atoms with Crippen LogP contribution in [0, 0.1) is 0 Å². The standard InChI is InChI=1S/C17H22N4O2/c1-12(2)18-17(23)14-11-15(21(3)20-14)19-16(22)10-9-13-7-5-4-6-8-13/h4-8,11-12H,9-10H2,1-3H3,(H,18,23)(H,19,22). The maximum absolute atomic E-state index is 12.0. The first-order valence-corrected chi connectivity index (χ1v) is 7.64. The predicted octanol–water partition coefficient (Wildman–Crippen LogP) is 2.13. The SMILES string of the molecule is CC(C)NC(=O)c1cc(NC(=O)CCc2ccccc2)n(C)n1. The molecule has 6 nitrogen and oxygen atoms in total. The average Bonchev–Trinajstić information content (AvgIpc) is 2.87. The molecule has 0 unspecified atom stereocenters. The number of benzene rings is 1. The Morgan fingerprint density at radius 2 is 1.91 bits per heavy atom. The highest BCUT2D eigenvalue weighted by molar-refractivity contribution is 5.95. The molecule has 0 saturated carbocycles. The van der Waals surface area contributed by atoms with Crippen LogP contribution in [-0.4, -0.2) is 27.6 Å². The summed E-state index contributed by atoms with van der Waals surface area (Å²) < 4.78 is 1.50. The second-order valence-corrected chi connectivity index (χ2v) is 5.70. The van der Waals surface area contributed by atoms with Gasteiger partial charge in [0, 0.05) is 25.6 Å². The molecule has 1 heterocycles. The first kappa shape index (κ1) is 16.7. The van der Waals surface area contributed by atoms with E-state index in [0.717, 1.165) is 5.56 Å². The van der Waals surface area contributed by atoms with Gasteiger partial charge in [-0.05, 0) is 25.8 Å². The number of hydrogen-bond donors (Lipinski definition) is 2.